The van der Waals surface area contributed by atoms with Crippen molar-refractivity contribution >= 4 is 11.8 Å². The van der Waals surface area contributed by atoms with Gasteiger partial charge < -0.3 is 16.8 Å². The van der Waals surface area contributed by atoms with Crippen molar-refractivity contribution in [3.05, 3.63) is 0 Å². The molecule has 5 nitrogen and oxygen atoms in total. The van der Waals surface area contributed by atoms with Crippen LogP contribution < -0.4 is 16.8 Å². The minimum atomic E-state index is -0.523. The van der Waals surface area contributed by atoms with Crippen molar-refractivity contribution < 1.29 is 9.59 Å². The second-order valence-electron chi connectivity index (χ2n) is 3.99. The highest BCUT2D eigenvalue weighted by Crippen LogP contribution is 2.05. The van der Waals surface area contributed by atoms with Gasteiger partial charge in [0.2, 0.25) is 11.8 Å². The van der Waals surface area contributed by atoms with Crippen molar-refractivity contribution in [3.63, 3.8) is 0 Å². The highest BCUT2D eigenvalue weighted by atomic mass is 16.2. The van der Waals surface area contributed by atoms with Gasteiger partial charge in [0.05, 0.1) is 6.04 Å². The number of hydrogen-bond acceptors (Lipinski definition) is 3. The molecule has 3 atom stereocenters. The highest BCUT2D eigenvalue weighted by molar-refractivity contribution is 5.83. The molecule has 0 aromatic carbocycles. The van der Waals surface area contributed by atoms with E-state index >= 15 is 0 Å². The van der Waals surface area contributed by atoms with E-state index < -0.39 is 11.9 Å². The van der Waals surface area contributed by atoms with Crippen molar-refractivity contribution in [2.24, 2.45) is 17.4 Å². The second-order valence-corrected chi connectivity index (χ2v) is 3.99. The Morgan fingerprint density at radius 2 is 1.87 bits per heavy atom. The Morgan fingerprint density at radius 3 is 2.27 bits per heavy atom. The van der Waals surface area contributed by atoms with Gasteiger partial charge in [0.1, 0.15) is 0 Å². The van der Waals surface area contributed by atoms with Crippen molar-refractivity contribution in [2.75, 3.05) is 0 Å². The van der Waals surface area contributed by atoms with Gasteiger partial charge in [0, 0.05) is 12.5 Å². The Labute approximate surface area is 90.6 Å². The van der Waals surface area contributed by atoms with Gasteiger partial charge in [-0.2, -0.15) is 0 Å². The maximum Gasteiger partial charge on any atom is 0.237 e. The van der Waals surface area contributed by atoms with Gasteiger partial charge in [-0.25, -0.2) is 0 Å². The van der Waals surface area contributed by atoms with E-state index in [9.17, 15) is 9.59 Å². The summed E-state index contributed by atoms with van der Waals surface area (Å²) in [7, 11) is 0. The molecule has 0 bridgehead atoms. The third-order valence-corrected chi connectivity index (χ3v) is 2.46. The smallest absolute Gasteiger partial charge is 0.237 e. The zero-order chi connectivity index (χ0) is 12.0. The molecule has 0 aliphatic rings. The fourth-order valence-electron chi connectivity index (χ4n) is 1.20. The Bertz CT molecular complexity index is 231. The summed E-state index contributed by atoms with van der Waals surface area (Å²) in [6.45, 7) is 5.62. The summed E-state index contributed by atoms with van der Waals surface area (Å²) in [4.78, 5) is 22.1. The van der Waals surface area contributed by atoms with Crippen molar-refractivity contribution in [1.29, 1.82) is 0 Å². The third-order valence-electron chi connectivity index (χ3n) is 2.46. The summed E-state index contributed by atoms with van der Waals surface area (Å²) in [6.07, 6.45) is 0.984. The molecule has 0 aromatic heterocycles. The van der Waals surface area contributed by atoms with Crippen LogP contribution >= 0.6 is 0 Å². The van der Waals surface area contributed by atoms with Gasteiger partial charge in [0.25, 0.3) is 0 Å². The molecule has 0 radical (unpaired) electrons. The van der Waals surface area contributed by atoms with E-state index in [0.717, 1.165) is 6.42 Å². The molecule has 0 aliphatic carbocycles. The molecule has 5 N–H and O–H groups in total. The van der Waals surface area contributed by atoms with E-state index in [1.165, 1.54) is 0 Å². The van der Waals surface area contributed by atoms with E-state index in [1.807, 2.05) is 13.8 Å². The van der Waals surface area contributed by atoms with Crippen LogP contribution in [0.15, 0.2) is 0 Å². The van der Waals surface area contributed by atoms with Gasteiger partial charge in [-0.15, -0.1) is 0 Å². The van der Waals surface area contributed by atoms with E-state index in [1.54, 1.807) is 6.92 Å². The summed E-state index contributed by atoms with van der Waals surface area (Å²) in [5, 5.41) is 2.66. The first-order valence-electron chi connectivity index (χ1n) is 5.22. The van der Waals surface area contributed by atoms with Crippen molar-refractivity contribution in [1.82, 2.24) is 5.32 Å². The molecule has 5 heteroatoms. The van der Waals surface area contributed by atoms with Gasteiger partial charge in [-0.05, 0) is 12.8 Å². The molecule has 2 amide bonds. The molecule has 88 valence electrons. The predicted molar refractivity (Wildman–Crippen MR) is 58.8 cm³/mol. The zero-order valence-electron chi connectivity index (χ0n) is 9.62. The van der Waals surface area contributed by atoms with E-state index in [0.29, 0.717) is 0 Å². The van der Waals surface area contributed by atoms with Crippen LogP contribution in [0, 0.1) is 5.92 Å². The monoisotopic (exact) mass is 215 g/mol. The molecule has 0 aliphatic heterocycles. The van der Waals surface area contributed by atoms with Crippen LogP contribution in [-0.2, 0) is 9.59 Å². The first-order chi connectivity index (χ1) is 6.88. The Morgan fingerprint density at radius 1 is 1.33 bits per heavy atom. The van der Waals surface area contributed by atoms with Crippen LogP contribution in [0.5, 0.6) is 0 Å². The van der Waals surface area contributed by atoms with Crippen LogP contribution in [0.4, 0.5) is 0 Å². The van der Waals surface area contributed by atoms with Gasteiger partial charge in [0.15, 0.2) is 0 Å². The fourth-order valence-corrected chi connectivity index (χ4v) is 1.20. The molecule has 15 heavy (non-hydrogen) atoms. The maximum atomic E-state index is 11.5. The molecular weight excluding hydrogens is 194 g/mol. The molecule has 0 fully saturated rings. The zero-order valence-corrected chi connectivity index (χ0v) is 9.62. The summed E-state index contributed by atoms with van der Waals surface area (Å²) in [5.74, 6) is -0.524. The molecule has 0 rings (SSSR count). The lowest BCUT2D eigenvalue weighted by molar-refractivity contribution is -0.124. The standard InChI is InChI=1S/C10H21N3O2/c1-4-6(2)9(12)10(15)13-7(3)5-8(11)14/h6-7,9H,4-5,12H2,1-3H3,(H2,11,14)(H,13,15)/t6-,7?,9-/m0/s1. The van der Waals surface area contributed by atoms with Crippen LogP contribution in [0.25, 0.3) is 0 Å². The molecule has 0 spiro atoms. The van der Waals surface area contributed by atoms with Crippen LogP contribution in [0.1, 0.15) is 33.6 Å². The van der Waals surface area contributed by atoms with E-state index in [-0.39, 0.29) is 24.3 Å². The fraction of sp³-hybridized carbons (Fsp3) is 0.800. The number of hydrogen-bond donors (Lipinski definition) is 3. The molecular formula is C10H21N3O2. The van der Waals surface area contributed by atoms with Crippen LogP contribution in [0.3, 0.4) is 0 Å². The summed E-state index contributed by atoms with van der Waals surface area (Å²) in [6, 6.07) is -0.782. The first-order valence-corrected chi connectivity index (χ1v) is 5.22. The number of nitrogens with two attached hydrogens (primary N) is 2. The topological polar surface area (TPSA) is 98.2 Å². The van der Waals surface area contributed by atoms with Gasteiger partial charge in [-0.3, -0.25) is 9.59 Å². The minimum absolute atomic E-state index is 0.130. The lowest BCUT2D eigenvalue weighted by Crippen LogP contribution is -2.48. The van der Waals surface area contributed by atoms with Gasteiger partial charge >= 0.3 is 0 Å². The van der Waals surface area contributed by atoms with E-state index in [4.69, 9.17) is 11.5 Å². The number of carbonyl (C=O) groups is 2. The molecule has 1 unspecified atom stereocenters. The van der Waals surface area contributed by atoms with Crippen LogP contribution in [-0.4, -0.2) is 23.9 Å². The SMILES string of the molecule is CC[C@H](C)[C@H](N)C(=O)NC(C)CC(N)=O. The van der Waals surface area contributed by atoms with Gasteiger partial charge in [-0.1, -0.05) is 20.3 Å². The van der Waals surface area contributed by atoms with Crippen LogP contribution in [0.2, 0.25) is 0 Å². The second kappa shape index (κ2) is 6.40. The number of nitrogens with one attached hydrogen (secondary N) is 1. The Balaban J connectivity index is 4.06. The number of primary amides is 1. The van der Waals surface area contributed by atoms with Crippen molar-refractivity contribution in [3.8, 4) is 0 Å². The summed E-state index contributed by atoms with van der Waals surface area (Å²) in [5.41, 5.74) is 10.7. The molecule has 0 saturated heterocycles. The average Bonchev–Trinajstić information content (AvgIpc) is 2.13. The highest BCUT2D eigenvalue weighted by Gasteiger charge is 2.20. The lowest BCUT2D eigenvalue weighted by Gasteiger charge is -2.20. The number of carbonyl (C=O) groups excluding carboxylic acids is 2. The normalized spacial score (nSPS) is 16.5. The largest absolute Gasteiger partial charge is 0.370 e. The third kappa shape index (κ3) is 5.37. The Hall–Kier alpha value is -1.10. The van der Waals surface area contributed by atoms with E-state index in [2.05, 4.69) is 5.32 Å². The predicted octanol–water partition coefficient (Wildman–Crippen LogP) is -0.260. The number of rotatable bonds is 6. The quantitative estimate of drug-likeness (QED) is 0.569. The lowest BCUT2D eigenvalue weighted by atomic mass is 9.99. The maximum absolute atomic E-state index is 11.5. The number of amides is 2. The molecule has 0 heterocycles. The molecule has 0 aromatic rings. The molecule has 0 saturated carbocycles. The Kier molecular flexibility index (Phi) is 5.93. The summed E-state index contributed by atoms with van der Waals surface area (Å²) >= 11 is 0. The average molecular weight is 215 g/mol. The minimum Gasteiger partial charge on any atom is -0.370 e. The summed E-state index contributed by atoms with van der Waals surface area (Å²) < 4.78 is 0. The van der Waals surface area contributed by atoms with Crippen molar-refractivity contribution in [2.45, 2.75) is 45.7 Å². The first kappa shape index (κ1) is 13.9.